The Bertz CT molecular complexity index is 418. The number of rotatable bonds is 7. The van der Waals surface area contributed by atoms with Crippen LogP contribution >= 0.6 is 0 Å². The summed E-state index contributed by atoms with van der Waals surface area (Å²) in [5.41, 5.74) is 1.35. The van der Waals surface area contributed by atoms with Crippen molar-refractivity contribution in [3.8, 4) is 0 Å². The number of hydrogen-bond acceptors (Lipinski definition) is 4. The van der Waals surface area contributed by atoms with E-state index in [0.29, 0.717) is 11.4 Å². The summed E-state index contributed by atoms with van der Waals surface area (Å²) in [6.45, 7) is 2.98. The second-order valence-corrected chi connectivity index (χ2v) is 3.89. The standard InChI is InChI=1S/C13H19N3O3/c1-3-14-8-12(17)15-10-4-6-11(7-5-10)16-13(18)9-19-2/h4-7,14H,3,8-9H2,1-2H3,(H,15,17)(H,16,18). The zero-order chi connectivity index (χ0) is 14.1. The smallest absolute Gasteiger partial charge is 0.250 e. The highest BCUT2D eigenvalue weighted by Crippen LogP contribution is 2.13. The van der Waals surface area contributed by atoms with Crippen molar-refractivity contribution in [2.45, 2.75) is 6.92 Å². The van der Waals surface area contributed by atoms with Gasteiger partial charge >= 0.3 is 0 Å². The zero-order valence-electron chi connectivity index (χ0n) is 11.2. The fourth-order valence-electron chi connectivity index (χ4n) is 1.41. The molecule has 1 aromatic carbocycles. The third kappa shape index (κ3) is 5.98. The normalized spacial score (nSPS) is 10.0. The lowest BCUT2D eigenvalue weighted by molar-refractivity contribution is -0.119. The van der Waals surface area contributed by atoms with Gasteiger partial charge in [-0.15, -0.1) is 0 Å². The van der Waals surface area contributed by atoms with Crippen LogP contribution in [0.25, 0.3) is 0 Å². The predicted octanol–water partition coefficient (Wildman–Crippen LogP) is 0.819. The van der Waals surface area contributed by atoms with E-state index in [1.165, 1.54) is 7.11 Å². The molecule has 0 unspecified atom stereocenters. The lowest BCUT2D eigenvalue weighted by Gasteiger charge is -2.08. The molecular weight excluding hydrogens is 246 g/mol. The second kappa shape index (κ2) is 8.23. The van der Waals surface area contributed by atoms with E-state index < -0.39 is 0 Å². The highest BCUT2D eigenvalue weighted by Gasteiger charge is 2.03. The van der Waals surface area contributed by atoms with Crippen LogP contribution in [0.15, 0.2) is 24.3 Å². The van der Waals surface area contributed by atoms with Crippen LogP contribution in [0.1, 0.15) is 6.92 Å². The Hall–Kier alpha value is -1.92. The molecule has 6 heteroatoms. The minimum absolute atomic E-state index is 0.0151. The molecular formula is C13H19N3O3. The fourth-order valence-corrected chi connectivity index (χ4v) is 1.41. The Morgan fingerprint density at radius 1 is 1.05 bits per heavy atom. The van der Waals surface area contributed by atoms with Crippen molar-refractivity contribution < 1.29 is 14.3 Å². The molecule has 0 aliphatic carbocycles. The van der Waals surface area contributed by atoms with Crippen LogP contribution in [0.3, 0.4) is 0 Å². The van der Waals surface area contributed by atoms with Gasteiger partial charge < -0.3 is 20.7 Å². The monoisotopic (exact) mass is 265 g/mol. The molecule has 2 amide bonds. The van der Waals surface area contributed by atoms with Gasteiger partial charge in [0.15, 0.2) is 0 Å². The molecule has 0 heterocycles. The van der Waals surface area contributed by atoms with Crippen molar-refractivity contribution >= 4 is 23.2 Å². The van der Waals surface area contributed by atoms with Gasteiger partial charge in [0.1, 0.15) is 6.61 Å². The Morgan fingerprint density at radius 3 is 2.05 bits per heavy atom. The Morgan fingerprint density at radius 2 is 1.58 bits per heavy atom. The van der Waals surface area contributed by atoms with Gasteiger partial charge in [0, 0.05) is 18.5 Å². The average Bonchev–Trinajstić information content (AvgIpc) is 2.39. The maximum absolute atomic E-state index is 11.5. The largest absolute Gasteiger partial charge is 0.375 e. The van der Waals surface area contributed by atoms with Crippen molar-refractivity contribution in [3.05, 3.63) is 24.3 Å². The van der Waals surface area contributed by atoms with Gasteiger partial charge in [0.05, 0.1) is 6.54 Å². The molecule has 0 bridgehead atoms. The van der Waals surface area contributed by atoms with Crippen LogP contribution in [-0.2, 0) is 14.3 Å². The molecule has 0 aliphatic rings. The summed E-state index contributed by atoms with van der Waals surface area (Å²) in [6, 6.07) is 6.89. The number of ether oxygens (including phenoxy) is 1. The number of methoxy groups -OCH3 is 1. The van der Waals surface area contributed by atoms with Gasteiger partial charge in [-0.25, -0.2) is 0 Å². The minimum atomic E-state index is -0.216. The third-order valence-corrected chi connectivity index (χ3v) is 2.26. The van der Waals surface area contributed by atoms with Gasteiger partial charge in [-0.3, -0.25) is 9.59 Å². The number of nitrogens with one attached hydrogen (secondary N) is 3. The van der Waals surface area contributed by atoms with Gasteiger partial charge in [0.25, 0.3) is 0 Å². The SMILES string of the molecule is CCNCC(=O)Nc1ccc(NC(=O)COC)cc1. The van der Waals surface area contributed by atoms with Crippen LogP contribution in [0.5, 0.6) is 0 Å². The summed E-state index contributed by atoms with van der Waals surface area (Å²) in [6.07, 6.45) is 0. The van der Waals surface area contributed by atoms with E-state index in [-0.39, 0.29) is 25.0 Å². The van der Waals surface area contributed by atoms with Gasteiger partial charge in [-0.2, -0.15) is 0 Å². The van der Waals surface area contributed by atoms with Crippen LogP contribution in [0.4, 0.5) is 11.4 Å². The molecule has 1 aromatic rings. The first-order valence-corrected chi connectivity index (χ1v) is 6.05. The number of likely N-dealkylation sites (N-methyl/N-ethyl adjacent to an activating group) is 1. The van der Waals surface area contributed by atoms with Crippen molar-refractivity contribution in [1.82, 2.24) is 5.32 Å². The maximum Gasteiger partial charge on any atom is 0.250 e. The minimum Gasteiger partial charge on any atom is -0.375 e. The van der Waals surface area contributed by atoms with E-state index in [1.807, 2.05) is 6.92 Å². The summed E-state index contributed by atoms with van der Waals surface area (Å²) >= 11 is 0. The summed E-state index contributed by atoms with van der Waals surface area (Å²) in [5.74, 6) is -0.315. The van der Waals surface area contributed by atoms with E-state index in [1.54, 1.807) is 24.3 Å². The van der Waals surface area contributed by atoms with Crippen LogP contribution in [0, 0.1) is 0 Å². The average molecular weight is 265 g/mol. The van der Waals surface area contributed by atoms with E-state index in [4.69, 9.17) is 4.74 Å². The van der Waals surface area contributed by atoms with E-state index in [9.17, 15) is 9.59 Å². The highest BCUT2D eigenvalue weighted by molar-refractivity contribution is 5.94. The third-order valence-electron chi connectivity index (χ3n) is 2.26. The van der Waals surface area contributed by atoms with Gasteiger partial charge in [-0.05, 0) is 30.8 Å². The quantitative estimate of drug-likeness (QED) is 0.682. The van der Waals surface area contributed by atoms with E-state index in [2.05, 4.69) is 16.0 Å². The lowest BCUT2D eigenvalue weighted by Crippen LogP contribution is -2.27. The van der Waals surface area contributed by atoms with Crippen molar-refractivity contribution in [2.75, 3.05) is 37.4 Å². The van der Waals surface area contributed by atoms with Crippen LogP contribution in [-0.4, -0.2) is 38.6 Å². The zero-order valence-corrected chi connectivity index (χ0v) is 11.2. The molecule has 104 valence electrons. The van der Waals surface area contributed by atoms with Crippen LogP contribution < -0.4 is 16.0 Å². The maximum atomic E-state index is 11.5. The molecule has 0 saturated heterocycles. The highest BCUT2D eigenvalue weighted by atomic mass is 16.5. The topological polar surface area (TPSA) is 79.5 Å². The number of carbonyl (C=O) groups excluding carboxylic acids is 2. The summed E-state index contributed by atoms with van der Waals surface area (Å²) in [5, 5.41) is 8.35. The molecule has 0 fully saturated rings. The number of hydrogen-bond donors (Lipinski definition) is 3. The Balaban J connectivity index is 2.47. The molecule has 19 heavy (non-hydrogen) atoms. The lowest BCUT2D eigenvalue weighted by atomic mass is 10.2. The first-order valence-electron chi connectivity index (χ1n) is 6.05. The van der Waals surface area contributed by atoms with Gasteiger partial charge in [-0.1, -0.05) is 6.92 Å². The summed E-state index contributed by atoms with van der Waals surface area (Å²) in [4.78, 5) is 22.7. The Labute approximate surface area is 112 Å². The fraction of sp³-hybridized carbons (Fsp3) is 0.385. The van der Waals surface area contributed by atoms with Crippen LogP contribution in [0.2, 0.25) is 0 Å². The van der Waals surface area contributed by atoms with Crippen molar-refractivity contribution in [3.63, 3.8) is 0 Å². The molecule has 0 radical (unpaired) electrons. The summed E-state index contributed by atoms with van der Waals surface area (Å²) in [7, 11) is 1.46. The molecule has 0 aromatic heterocycles. The first kappa shape index (κ1) is 15.1. The Kier molecular flexibility index (Phi) is 6.56. The number of amides is 2. The summed E-state index contributed by atoms with van der Waals surface area (Å²) < 4.78 is 4.71. The van der Waals surface area contributed by atoms with Crippen molar-refractivity contribution in [2.24, 2.45) is 0 Å². The van der Waals surface area contributed by atoms with E-state index in [0.717, 1.165) is 6.54 Å². The molecule has 0 saturated carbocycles. The van der Waals surface area contributed by atoms with Gasteiger partial charge in [0.2, 0.25) is 11.8 Å². The van der Waals surface area contributed by atoms with Crippen molar-refractivity contribution in [1.29, 1.82) is 0 Å². The number of benzene rings is 1. The first-order chi connectivity index (χ1) is 9.15. The molecule has 3 N–H and O–H groups in total. The number of anilines is 2. The molecule has 0 spiro atoms. The molecule has 0 aliphatic heterocycles. The predicted molar refractivity (Wildman–Crippen MR) is 74.1 cm³/mol. The van der Waals surface area contributed by atoms with E-state index >= 15 is 0 Å². The molecule has 0 atom stereocenters. The molecule has 1 rings (SSSR count). The number of carbonyl (C=O) groups is 2. The second-order valence-electron chi connectivity index (χ2n) is 3.89. The molecule has 6 nitrogen and oxygen atoms in total.